The summed E-state index contributed by atoms with van der Waals surface area (Å²) in [5.74, 6) is -3.18. The Balaban J connectivity index is 1.60. The summed E-state index contributed by atoms with van der Waals surface area (Å²) in [5, 5.41) is 0.130. The van der Waals surface area contributed by atoms with Crippen LogP contribution in [-0.4, -0.2) is 56.1 Å². The molecule has 1 aromatic carbocycles. The van der Waals surface area contributed by atoms with E-state index in [0.29, 0.717) is 0 Å². The van der Waals surface area contributed by atoms with Gasteiger partial charge in [0.15, 0.2) is 0 Å². The molecule has 0 aliphatic carbocycles. The standard InChI is InChI=1S/C23H21F5N2O5S/c1-36(32,33)34-9-4-17-11-16-10-15(12-18(20(16)35-17)23(26,27)28)19-3-2-14(13-29-19)21(31)30-7-5-22(24,25)6-8-30/h2-3,10-13H,4-9H2,1H3. The summed E-state index contributed by atoms with van der Waals surface area (Å²) in [5.41, 5.74) is -1.04. The van der Waals surface area contributed by atoms with Gasteiger partial charge in [0.05, 0.1) is 29.7 Å². The fourth-order valence-electron chi connectivity index (χ4n) is 3.89. The van der Waals surface area contributed by atoms with Gasteiger partial charge in [-0.2, -0.15) is 21.6 Å². The van der Waals surface area contributed by atoms with E-state index in [1.165, 1.54) is 35.4 Å². The molecule has 2 aromatic heterocycles. The molecule has 13 heteroatoms. The van der Waals surface area contributed by atoms with Crippen molar-refractivity contribution in [3.8, 4) is 11.3 Å². The van der Waals surface area contributed by atoms with Crippen LogP contribution in [0.5, 0.6) is 0 Å². The number of furan rings is 1. The SMILES string of the molecule is CS(=O)(=O)OCCc1cc2cc(-c3ccc(C(=O)N4CCC(F)(F)CC4)cn3)cc(C(F)(F)F)c2o1. The largest absolute Gasteiger partial charge is 0.460 e. The van der Waals surface area contributed by atoms with Crippen LogP contribution in [0.25, 0.3) is 22.2 Å². The van der Waals surface area contributed by atoms with Crippen LogP contribution in [-0.2, 0) is 26.9 Å². The van der Waals surface area contributed by atoms with Crippen LogP contribution < -0.4 is 0 Å². The molecule has 0 radical (unpaired) electrons. The molecule has 1 fully saturated rings. The van der Waals surface area contributed by atoms with Gasteiger partial charge in [-0.25, -0.2) is 8.78 Å². The zero-order chi connectivity index (χ0) is 26.3. The number of likely N-dealkylation sites (tertiary alicyclic amines) is 1. The second kappa shape index (κ2) is 9.43. The van der Waals surface area contributed by atoms with Crippen LogP contribution in [0.15, 0.2) is 40.9 Å². The molecule has 4 rings (SSSR count). The van der Waals surface area contributed by atoms with Crippen molar-refractivity contribution < 1.29 is 43.8 Å². The van der Waals surface area contributed by atoms with Crippen LogP contribution in [0.2, 0.25) is 0 Å². The third kappa shape index (κ3) is 6.01. The third-order valence-electron chi connectivity index (χ3n) is 5.71. The van der Waals surface area contributed by atoms with Gasteiger partial charge in [-0.15, -0.1) is 0 Å². The Kier molecular flexibility index (Phi) is 6.82. The van der Waals surface area contributed by atoms with E-state index in [1.54, 1.807) is 0 Å². The number of carbonyl (C=O) groups excluding carboxylic acids is 1. The highest BCUT2D eigenvalue weighted by atomic mass is 32.2. The minimum absolute atomic E-state index is 0.0636. The Morgan fingerprint density at radius 2 is 1.86 bits per heavy atom. The minimum atomic E-state index is -4.75. The van der Waals surface area contributed by atoms with E-state index in [9.17, 15) is 35.2 Å². The number of pyridine rings is 1. The first-order valence-corrected chi connectivity index (χ1v) is 12.7. The van der Waals surface area contributed by atoms with E-state index in [1.807, 2.05) is 0 Å². The second-order valence-corrected chi connectivity index (χ2v) is 10.2. The molecule has 0 bridgehead atoms. The van der Waals surface area contributed by atoms with E-state index in [4.69, 9.17) is 4.42 Å². The van der Waals surface area contributed by atoms with Gasteiger partial charge in [-0.1, -0.05) is 0 Å². The Labute approximate surface area is 203 Å². The van der Waals surface area contributed by atoms with Crippen molar-refractivity contribution in [3.63, 3.8) is 0 Å². The number of benzene rings is 1. The van der Waals surface area contributed by atoms with E-state index < -0.39 is 52.1 Å². The van der Waals surface area contributed by atoms with Gasteiger partial charge in [0.2, 0.25) is 0 Å². The highest BCUT2D eigenvalue weighted by molar-refractivity contribution is 7.85. The van der Waals surface area contributed by atoms with Crippen LogP contribution in [0, 0.1) is 0 Å². The van der Waals surface area contributed by atoms with E-state index >= 15 is 0 Å². The number of carbonyl (C=O) groups is 1. The highest BCUT2D eigenvalue weighted by Gasteiger charge is 2.36. The lowest BCUT2D eigenvalue weighted by Gasteiger charge is -2.31. The summed E-state index contributed by atoms with van der Waals surface area (Å²) < 4.78 is 100. The summed E-state index contributed by atoms with van der Waals surface area (Å²) in [6.45, 7) is -0.493. The Morgan fingerprint density at radius 3 is 2.44 bits per heavy atom. The topological polar surface area (TPSA) is 89.7 Å². The molecule has 0 N–H and O–H groups in total. The normalized spacial score (nSPS) is 16.4. The average Bonchev–Trinajstić information content (AvgIpc) is 3.19. The number of piperidine rings is 1. The summed E-state index contributed by atoms with van der Waals surface area (Å²) in [6.07, 6.45) is -3.62. The first kappa shape index (κ1) is 26.0. The number of nitrogens with zero attached hydrogens (tertiary/aromatic N) is 2. The molecule has 0 atom stereocenters. The zero-order valence-electron chi connectivity index (χ0n) is 18.9. The molecule has 3 aromatic rings. The molecule has 3 heterocycles. The Hall–Kier alpha value is -3.06. The predicted octanol–water partition coefficient (Wildman–Crippen LogP) is 4.90. The zero-order valence-corrected chi connectivity index (χ0v) is 19.8. The Bertz CT molecular complexity index is 1370. The summed E-state index contributed by atoms with van der Waals surface area (Å²) in [7, 11) is -3.71. The smallest absolute Gasteiger partial charge is 0.420 e. The van der Waals surface area contributed by atoms with Crippen LogP contribution in [0.3, 0.4) is 0 Å². The van der Waals surface area contributed by atoms with Gasteiger partial charge in [0.25, 0.3) is 21.9 Å². The van der Waals surface area contributed by atoms with Gasteiger partial charge in [-0.05, 0) is 30.3 Å². The molecule has 7 nitrogen and oxygen atoms in total. The summed E-state index contributed by atoms with van der Waals surface area (Å²) >= 11 is 0. The van der Waals surface area contributed by atoms with Crippen LogP contribution in [0.1, 0.15) is 34.5 Å². The van der Waals surface area contributed by atoms with Crippen LogP contribution in [0.4, 0.5) is 22.0 Å². The van der Waals surface area contributed by atoms with Gasteiger partial charge >= 0.3 is 6.18 Å². The van der Waals surface area contributed by atoms with Crippen molar-refractivity contribution in [3.05, 3.63) is 53.4 Å². The van der Waals surface area contributed by atoms with Gasteiger partial charge < -0.3 is 9.32 Å². The molecule has 1 aliphatic rings. The van der Waals surface area contributed by atoms with Crippen molar-refractivity contribution in [2.45, 2.75) is 31.4 Å². The summed E-state index contributed by atoms with van der Waals surface area (Å²) in [6, 6.07) is 6.45. The third-order valence-corrected chi connectivity index (χ3v) is 6.30. The lowest BCUT2D eigenvalue weighted by Crippen LogP contribution is -2.42. The lowest BCUT2D eigenvalue weighted by atomic mass is 10.0. The molecule has 1 saturated heterocycles. The molecule has 1 amide bonds. The van der Waals surface area contributed by atoms with Gasteiger partial charge in [-0.3, -0.25) is 14.0 Å². The molecule has 1 aliphatic heterocycles. The summed E-state index contributed by atoms with van der Waals surface area (Å²) in [4.78, 5) is 18.0. The molecule has 0 saturated carbocycles. The molecule has 0 unspecified atom stereocenters. The fourth-order valence-corrected chi connectivity index (χ4v) is 4.28. The van der Waals surface area contributed by atoms with Crippen molar-refractivity contribution in [1.82, 2.24) is 9.88 Å². The first-order chi connectivity index (χ1) is 16.7. The number of halogens is 5. The molecule has 0 spiro atoms. The fraction of sp³-hybridized carbons (Fsp3) is 0.391. The predicted molar refractivity (Wildman–Crippen MR) is 119 cm³/mol. The lowest BCUT2D eigenvalue weighted by molar-refractivity contribution is -0.136. The van der Waals surface area contributed by atoms with Crippen molar-refractivity contribution >= 4 is 27.0 Å². The monoisotopic (exact) mass is 532 g/mol. The van der Waals surface area contributed by atoms with Crippen LogP contribution >= 0.6 is 0 Å². The average molecular weight is 532 g/mol. The first-order valence-electron chi connectivity index (χ1n) is 10.8. The number of aromatic nitrogens is 1. The maximum atomic E-state index is 13.8. The number of hydrogen-bond acceptors (Lipinski definition) is 6. The second-order valence-electron chi connectivity index (χ2n) is 8.51. The Morgan fingerprint density at radius 1 is 1.17 bits per heavy atom. The number of hydrogen-bond donors (Lipinski definition) is 0. The molecule has 194 valence electrons. The quantitative estimate of drug-likeness (QED) is 0.331. The van der Waals surface area contributed by atoms with Crippen molar-refractivity contribution in [2.24, 2.45) is 0 Å². The molecular formula is C23H21F5N2O5S. The van der Waals surface area contributed by atoms with Crippen molar-refractivity contribution in [1.29, 1.82) is 0 Å². The highest BCUT2D eigenvalue weighted by Crippen LogP contribution is 2.39. The number of amides is 1. The minimum Gasteiger partial charge on any atom is -0.460 e. The maximum absolute atomic E-state index is 13.8. The van der Waals surface area contributed by atoms with E-state index in [0.717, 1.165) is 12.3 Å². The number of rotatable bonds is 6. The molecular weight excluding hydrogens is 511 g/mol. The van der Waals surface area contributed by atoms with Gasteiger partial charge in [0.1, 0.15) is 11.3 Å². The maximum Gasteiger partial charge on any atom is 0.420 e. The number of alkyl halides is 5. The molecule has 36 heavy (non-hydrogen) atoms. The van der Waals surface area contributed by atoms with Gasteiger partial charge in [0, 0.05) is 49.5 Å². The van der Waals surface area contributed by atoms with E-state index in [2.05, 4.69) is 9.17 Å². The van der Waals surface area contributed by atoms with Crippen molar-refractivity contribution in [2.75, 3.05) is 26.0 Å². The van der Waals surface area contributed by atoms with E-state index in [-0.39, 0.29) is 54.1 Å². The number of fused-ring (bicyclic) bond motifs is 1.